The molecule has 0 bridgehead atoms. The SMILES string of the molecule is CCCCNc1nc(N)c2c(n1)N(CCCC1CCOCC1)C(=O)C2. The van der Waals surface area contributed by atoms with Crippen LogP contribution in [0.3, 0.4) is 0 Å². The lowest BCUT2D eigenvalue weighted by atomic mass is 9.95. The first-order valence-electron chi connectivity index (χ1n) is 9.47. The molecular weight excluding hydrogens is 318 g/mol. The number of aromatic nitrogens is 2. The summed E-state index contributed by atoms with van der Waals surface area (Å²) >= 11 is 0. The number of nitrogens with two attached hydrogens (primary N) is 1. The van der Waals surface area contributed by atoms with Gasteiger partial charge in [-0.2, -0.15) is 9.97 Å². The number of hydrogen-bond donors (Lipinski definition) is 2. The molecule has 7 nitrogen and oxygen atoms in total. The first-order chi connectivity index (χ1) is 12.2. The van der Waals surface area contributed by atoms with E-state index in [9.17, 15) is 4.79 Å². The summed E-state index contributed by atoms with van der Waals surface area (Å²) in [4.78, 5) is 23.1. The first-order valence-corrected chi connectivity index (χ1v) is 9.47. The predicted octanol–water partition coefficient (Wildman–Crippen LogP) is 2.37. The van der Waals surface area contributed by atoms with Gasteiger partial charge in [0.25, 0.3) is 0 Å². The fourth-order valence-electron chi connectivity index (χ4n) is 3.51. The molecule has 3 heterocycles. The predicted molar refractivity (Wildman–Crippen MR) is 98.7 cm³/mol. The second-order valence-corrected chi connectivity index (χ2v) is 6.94. The van der Waals surface area contributed by atoms with Crippen LogP contribution in [0, 0.1) is 5.92 Å². The number of carbonyl (C=O) groups excluding carboxylic acids is 1. The van der Waals surface area contributed by atoms with E-state index in [0.29, 0.717) is 36.5 Å². The van der Waals surface area contributed by atoms with E-state index in [1.807, 2.05) is 0 Å². The number of fused-ring (bicyclic) bond motifs is 1. The number of unbranched alkanes of at least 4 members (excludes halogenated alkanes) is 1. The highest BCUT2D eigenvalue weighted by Crippen LogP contribution is 2.32. The number of nitrogens with one attached hydrogen (secondary N) is 1. The molecular formula is C18H29N5O2. The number of carbonyl (C=O) groups is 1. The molecule has 25 heavy (non-hydrogen) atoms. The van der Waals surface area contributed by atoms with Gasteiger partial charge in [0, 0.05) is 31.9 Å². The molecule has 2 aliphatic heterocycles. The number of rotatable bonds is 8. The van der Waals surface area contributed by atoms with Gasteiger partial charge in [-0.15, -0.1) is 0 Å². The van der Waals surface area contributed by atoms with Crippen molar-refractivity contribution in [3.8, 4) is 0 Å². The van der Waals surface area contributed by atoms with Gasteiger partial charge in [-0.05, 0) is 38.0 Å². The van der Waals surface area contributed by atoms with Crippen molar-refractivity contribution in [2.75, 3.05) is 42.3 Å². The van der Waals surface area contributed by atoms with Crippen molar-refractivity contribution in [1.82, 2.24) is 9.97 Å². The van der Waals surface area contributed by atoms with Crippen LogP contribution in [0.2, 0.25) is 0 Å². The molecule has 0 aliphatic carbocycles. The molecule has 0 spiro atoms. The summed E-state index contributed by atoms with van der Waals surface area (Å²) in [5, 5.41) is 3.21. The number of nitrogen functional groups attached to an aromatic ring is 1. The molecule has 1 fully saturated rings. The van der Waals surface area contributed by atoms with Gasteiger partial charge in [0.2, 0.25) is 11.9 Å². The zero-order chi connectivity index (χ0) is 17.6. The highest BCUT2D eigenvalue weighted by molar-refractivity contribution is 6.01. The minimum atomic E-state index is 0.0775. The molecule has 0 atom stereocenters. The molecule has 7 heteroatoms. The average Bonchev–Trinajstić information content (AvgIpc) is 2.93. The monoisotopic (exact) mass is 347 g/mol. The van der Waals surface area contributed by atoms with Crippen LogP contribution < -0.4 is 16.0 Å². The largest absolute Gasteiger partial charge is 0.383 e. The lowest BCUT2D eigenvalue weighted by Crippen LogP contribution is -2.29. The van der Waals surface area contributed by atoms with Crippen LogP contribution in [-0.4, -0.2) is 42.2 Å². The van der Waals surface area contributed by atoms with Crippen LogP contribution in [0.25, 0.3) is 0 Å². The Bertz CT molecular complexity index is 601. The van der Waals surface area contributed by atoms with E-state index < -0.39 is 0 Å². The Labute approximate surface area is 149 Å². The molecule has 1 saturated heterocycles. The first kappa shape index (κ1) is 17.9. The Kier molecular flexibility index (Phi) is 6.07. The summed E-state index contributed by atoms with van der Waals surface area (Å²) in [6.45, 7) is 5.39. The molecule has 2 aliphatic rings. The molecule has 0 saturated carbocycles. The van der Waals surface area contributed by atoms with Crippen molar-refractivity contribution >= 4 is 23.5 Å². The Morgan fingerprint density at radius 2 is 2.08 bits per heavy atom. The van der Waals surface area contributed by atoms with Gasteiger partial charge in [0.15, 0.2) is 0 Å². The molecule has 1 amide bonds. The van der Waals surface area contributed by atoms with E-state index >= 15 is 0 Å². The molecule has 0 aromatic carbocycles. The van der Waals surface area contributed by atoms with Crippen molar-refractivity contribution in [2.24, 2.45) is 5.92 Å². The van der Waals surface area contributed by atoms with E-state index in [1.165, 1.54) is 0 Å². The Hall–Kier alpha value is -1.89. The summed E-state index contributed by atoms with van der Waals surface area (Å²) < 4.78 is 5.41. The standard InChI is InChI=1S/C18H29N5O2/c1-2-3-8-20-18-21-16(19)14-12-15(24)23(17(14)22-18)9-4-5-13-6-10-25-11-7-13/h13H,2-12H2,1H3,(H3,19,20,21,22). The van der Waals surface area contributed by atoms with Crippen molar-refractivity contribution in [3.63, 3.8) is 0 Å². The van der Waals surface area contributed by atoms with E-state index in [-0.39, 0.29) is 5.91 Å². The fraction of sp³-hybridized carbons (Fsp3) is 0.722. The molecule has 3 N–H and O–H groups in total. The third-order valence-electron chi connectivity index (χ3n) is 5.05. The summed E-state index contributed by atoms with van der Waals surface area (Å²) in [5.41, 5.74) is 6.84. The quantitative estimate of drug-likeness (QED) is 0.701. The maximum atomic E-state index is 12.4. The molecule has 3 rings (SSSR count). The van der Waals surface area contributed by atoms with Crippen LogP contribution >= 0.6 is 0 Å². The van der Waals surface area contributed by atoms with Crippen LogP contribution in [0.4, 0.5) is 17.6 Å². The van der Waals surface area contributed by atoms with E-state index in [1.54, 1.807) is 4.90 Å². The Morgan fingerprint density at radius 1 is 1.28 bits per heavy atom. The number of amides is 1. The van der Waals surface area contributed by atoms with E-state index in [4.69, 9.17) is 10.5 Å². The third kappa shape index (κ3) is 4.39. The molecule has 1 aromatic rings. The van der Waals surface area contributed by atoms with Crippen molar-refractivity contribution in [3.05, 3.63) is 5.56 Å². The summed E-state index contributed by atoms with van der Waals surface area (Å²) in [6.07, 6.45) is 6.84. The maximum absolute atomic E-state index is 12.4. The maximum Gasteiger partial charge on any atom is 0.232 e. The lowest BCUT2D eigenvalue weighted by molar-refractivity contribution is -0.117. The molecule has 1 aromatic heterocycles. The number of ether oxygens (including phenoxy) is 1. The van der Waals surface area contributed by atoms with Gasteiger partial charge in [-0.1, -0.05) is 13.3 Å². The molecule has 0 radical (unpaired) electrons. The van der Waals surface area contributed by atoms with Gasteiger partial charge >= 0.3 is 0 Å². The van der Waals surface area contributed by atoms with E-state index in [0.717, 1.165) is 63.8 Å². The second-order valence-electron chi connectivity index (χ2n) is 6.94. The average molecular weight is 347 g/mol. The minimum Gasteiger partial charge on any atom is -0.383 e. The topological polar surface area (TPSA) is 93.4 Å². The number of anilines is 3. The van der Waals surface area contributed by atoms with Crippen LogP contribution in [0.15, 0.2) is 0 Å². The van der Waals surface area contributed by atoms with Gasteiger partial charge in [-0.3, -0.25) is 9.69 Å². The van der Waals surface area contributed by atoms with Gasteiger partial charge < -0.3 is 15.8 Å². The Balaban J connectivity index is 1.62. The highest BCUT2D eigenvalue weighted by Gasteiger charge is 2.31. The van der Waals surface area contributed by atoms with Crippen LogP contribution in [0.5, 0.6) is 0 Å². The van der Waals surface area contributed by atoms with Gasteiger partial charge in [0.1, 0.15) is 11.6 Å². The summed E-state index contributed by atoms with van der Waals surface area (Å²) in [6, 6.07) is 0. The summed E-state index contributed by atoms with van der Waals surface area (Å²) in [5.74, 6) is 2.43. The fourth-order valence-corrected chi connectivity index (χ4v) is 3.51. The van der Waals surface area contributed by atoms with Crippen molar-refractivity contribution < 1.29 is 9.53 Å². The molecule has 0 unspecified atom stereocenters. The van der Waals surface area contributed by atoms with Crippen LogP contribution in [0.1, 0.15) is 51.0 Å². The normalized spacial score (nSPS) is 17.8. The lowest BCUT2D eigenvalue weighted by Gasteiger charge is -2.23. The molecule has 138 valence electrons. The van der Waals surface area contributed by atoms with Gasteiger partial charge in [0.05, 0.1) is 6.42 Å². The highest BCUT2D eigenvalue weighted by atomic mass is 16.5. The second kappa shape index (κ2) is 8.47. The van der Waals surface area contributed by atoms with Gasteiger partial charge in [-0.25, -0.2) is 0 Å². The zero-order valence-corrected chi connectivity index (χ0v) is 15.1. The summed E-state index contributed by atoms with van der Waals surface area (Å²) in [7, 11) is 0. The number of nitrogens with zero attached hydrogens (tertiary/aromatic N) is 3. The third-order valence-corrected chi connectivity index (χ3v) is 5.05. The van der Waals surface area contributed by atoms with Crippen molar-refractivity contribution in [1.29, 1.82) is 0 Å². The zero-order valence-electron chi connectivity index (χ0n) is 15.1. The van der Waals surface area contributed by atoms with E-state index in [2.05, 4.69) is 22.2 Å². The minimum absolute atomic E-state index is 0.0775. The smallest absolute Gasteiger partial charge is 0.232 e. The number of hydrogen-bond acceptors (Lipinski definition) is 6. The Morgan fingerprint density at radius 3 is 2.84 bits per heavy atom. The van der Waals surface area contributed by atoms with Crippen molar-refractivity contribution in [2.45, 2.75) is 51.9 Å². The van der Waals surface area contributed by atoms with Crippen LogP contribution in [-0.2, 0) is 16.0 Å².